The minimum Gasteiger partial charge on any atom is -0.370 e. The van der Waals surface area contributed by atoms with Gasteiger partial charge in [0.25, 0.3) is 0 Å². The Hall–Kier alpha value is -0.370. The lowest BCUT2D eigenvalue weighted by molar-refractivity contribution is -0.149. The Morgan fingerprint density at radius 3 is 2.00 bits per heavy atom. The molecule has 0 bridgehead atoms. The summed E-state index contributed by atoms with van der Waals surface area (Å²) in [6.07, 6.45) is 6.86. The molecule has 0 amide bonds. The molecule has 0 saturated heterocycles. The first-order valence-electron chi connectivity index (χ1n) is 7.47. The van der Waals surface area contributed by atoms with E-state index in [-0.39, 0.29) is 0 Å². The summed E-state index contributed by atoms with van der Waals surface area (Å²) in [7, 11) is 1.71. The lowest BCUT2D eigenvalue weighted by Crippen LogP contribution is -2.46. The molecule has 0 N–H and O–H groups in total. The van der Waals surface area contributed by atoms with E-state index in [0.29, 0.717) is 23.5 Å². The zero-order valence-corrected chi connectivity index (χ0v) is 12.8. The Kier molecular flexibility index (Phi) is 5.39. The third-order valence-electron chi connectivity index (χ3n) is 4.94. The van der Waals surface area contributed by atoms with Crippen molar-refractivity contribution in [3.8, 4) is 0 Å². The predicted molar refractivity (Wildman–Crippen MR) is 75.7 cm³/mol. The van der Waals surface area contributed by atoms with Crippen LogP contribution in [0.15, 0.2) is 0 Å². The molecule has 0 aromatic rings. The van der Waals surface area contributed by atoms with Crippen LogP contribution in [0.5, 0.6) is 0 Å². The van der Waals surface area contributed by atoms with Gasteiger partial charge in [0.15, 0.2) is 5.78 Å². The van der Waals surface area contributed by atoms with Crippen molar-refractivity contribution in [2.24, 2.45) is 11.3 Å². The number of hydrogen-bond acceptors (Lipinski definition) is 2. The molecular formula is C16H30O2. The van der Waals surface area contributed by atoms with Gasteiger partial charge in [0, 0.05) is 13.5 Å². The fourth-order valence-electron chi connectivity index (χ4n) is 2.95. The van der Waals surface area contributed by atoms with E-state index in [4.69, 9.17) is 4.74 Å². The third-order valence-corrected chi connectivity index (χ3v) is 4.94. The Labute approximate surface area is 112 Å². The molecule has 2 nitrogen and oxygen atoms in total. The number of Topliss-reactive ketones (excluding diaryl/α,β-unsaturated/α-hetero) is 1. The molecule has 0 atom stereocenters. The SMILES string of the molecule is CCC(CC)CC(=O)C1(OC)CCC(C)(C)CC1. The van der Waals surface area contributed by atoms with Gasteiger partial charge in [-0.25, -0.2) is 0 Å². The average molecular weight is 254 g/mol. The van der Waals surface area contributed by atoms with E-state index in [2.05, 4.69) is 27.7 Å². The fourth-order valence-corrected chi connectivity index (χ4v) is 2.95. The molecule has 0 unspecified atom stereocenters. The van der Waals surface area contributed by atoms with E-state index in [1.807, 2.05) is 0 Å². The topological polar surface area (TPSA) is 26.3 Å². The number of methoxy groups -OCH3 is 1. The molecule has 1 fully saturated rings. The molecule has 0 aliphatic heterocycles. The maximum absolute atomic E-state index is 12.6. The second kappa shape index (κ2) is 6.18. The molecule has 106 valence electrons. The highest BCUT2D eigenvalue weighted by Gasteiger charge is 2.43. The molecule has 0 aromatic heterocycles. The van der Waals surface area contributed by atoms with Gasteiger partial charge in [-0.1, -0.05) is 40.5 Å². The molecule has 0 spiro atoms. The van der Waals surface area contributed by atoms with E-state index >= 15 is 0 Å². The van der Waals surface area contributed by atoms with Gasteiger partial charge >= 0.3 is 0 Å². The first kappa shape index (κ1) is 15.7. The van der Waals surface area contributed by atoms with Crippen molar-refractivity contribution in [2.45, 2.75) is 78.2 Å². The molecule has 0 aromatic carbocycles. The van der Waals surface area contributed by atoms with Crippen molar-refractivity contribution < 1.29 is 9.53 Å². The summed E-state index contributed by atoms with van der Waals surface area (Å²) in [5, 5.41) is 0. The third kappa shape index (κ3) is 3.57. The van der Waals surface area contributed by atoms with Crippen LogP contribution in [0.1, 0.15) is 72.6 Å². The maximum Gasteiger partial charge on any atom is 0.164 e. The van der Waals surface area contributed by atoms with Gasteiger partial charge in [-0.05, 0) is 37.0 Å². The van der Waals surface area contributed by atoms with Crippen LogP contribution in [0.25, 0.3) is 0 Å². The van der Waals surface area contributed by atoms with E-state index in [1.54, 1.807) is 7.11 Å². The molecular weight excluding hydrogens is 224 g/mol. The van der Waals surface area contributed by atoms with E-state index in [1.165, 1.54) is 0 Å². The van der Waals surface area contributed by atoms with Crippen LogP contribution < -0.4 is 0 Å². The smallest absolute Gasteiger partial charge is 0.164 e. The number of ether oxygens (including phenoxy) is 1. The standard InChI is InChI=1S/C16H30O2/c1-6-13(7-2)12-14(17)16(18-5)10-8-15(3,4)9-11-16/h13H,6-12H2,1-5H3. The van der Waals surface area contributed by atoms with Gasteiger partial charge in [-0.3, -0.25) is 4.79 Å². The van der Waals surface area contributed by atoms with Crippen molar-refractivity contribution >= 4 is 5.78 Å². The lowest BCUT2D eigenvalue weighted by atomic mass is 9.68. The van der Waals surface area contributed by atoms with Gasteiger partial charge in [0.1, 0.15) is 5.60 Å². The van der Waals surface area contributed by atoms with Crippen molar-refractivity contribution in [2.75, 3.05) is 7.11 Å². The predicted octanol–water partition coefficient (Wildman–Crippen LogP) is 4.37. The number of carbonyl (C=O) groups is 1. The minimum absolute atomic E-state index is 0.342. The van der Waals surface area contributed by atoms with Crippen LogP contribution in [0.4, 0.5) is 0 Å². The van der Waals surface area contributed by atoms with Crippen LogP contribution in [0, 0.1) is 11.3 Å². The molecule has 0 heterocycles. The van der Waals surface area contributed by atoms with E-state index in [0.717, 1.165) is 38.5 Å². The maximum atomic E-state index is 12.6. The number of ketones is 1. The summed E-state index contributed by atoms with van der Waals surface area (Å²) in [4.78, 5) is 12.6. The van der Waals surface area contributed by atoms with Crippen LogP contribution in [0.3, 0.4) is 0 Å². The minimum atomic E-state index is -0.474. The fraction of sp³-hybridized carbons (Fsp3) is 0.938. The summed E-state index contributed by atoms with van der Waals surface area (Å²) in [6, 6.07) is 0. The van der Waals surface area contributed by atoms with Gasteiger partial charge < -0.3 is 4.74 Å². The highest BCUT2D eigenvalue weighted by molar-refractivity contribution is 5.87. The Bertz CT molecular complexity index is 267. The number of rotatable bonds is 6. The first-order valence-corrected chi connectivity index (χ1v) is 7.47. The normalized spacial score (nSPS) is 22.1. The quantitative estimate of drug-likeness (QED) is 0.703. The average Bonchev–Trinajstić information content (AvgIpc) is 2.36. The molecule has 0 radical (unpaired) electrons. The molecule has 1 aliphatic rings. The van der Waals surface area contributed by atoms with Gasteiger partial charge in [0.05, 0.1) is 0 Å². The van der Waals surface area contributed by atoms with Crippen molar-refractivity contribution in [1.82, 2.24) is 0 Å². The number of hydrogen-bond donors (Lipinski definition) is 0. The van der Waals surface area contributed by atoms with Gasteiger partial charge in [0.2, 0.25) is 0 Å². The molecule has 1 aliphatic carbocycles. The molecule has 1 rings (SSSR count). The Morgan fingerprint density at radius 2 is 1.61 bits per heavy atom. The van der Waals surface area contributed by atoms with E-state index < -0.39 is 5.60 Å². The van der Waals surface area contributed by atoms with Gasteiger partial charge in [-0.2, -0.15) is 0 Å². The lowest BCUT2D eigenvalue weighted by Gasteiger charge is -2.42. The van der Waals surface area contributed by atoms with Crippen LogP contribution >= 0.6 is 0 Å². The largest absolute Gasteiger partial charge is 0.370 e. The molecule has 18 heavy (non-hydrogen) atoms. The van der Waals surface area contributed by atoms with Gasteiger partial charge in [-0.15, -0.1) is 0 Å². The summed E-state index contributed by atoms with van der Waals surface area (Å²) in [6.45, 7) is 8.92. The summed E-state index contributed by atoms with van der Waals surface area (Å²) >= 11 is 0. The highest BCUT2D eigenvalue weighted by atomic mass is 16.5. The summed E-state index contributed by atoms with van der Waals surface area (Å²) in [5.41, 5.74) is -0.102. The van der Waals surface area contributed by atoms with Crippen LogP contribution in [-0.2, 0) is 9.53 Å². The monoisotopic (exact) mass is 254 g/mol. The second-order valence-corrected chi connectivity index (χ2v) is 6.67. The Balaban J connectivity index is 2.68. The second-order valence-electron chi connectivity index (χ2n) is 6.67. The zero-order chi connectivity index (χ0) is 13.8. The van der Waals surface area contributed by atoms with Crippen molar-refractivity contribution in [3.63, 3.8) is 0 Å². The summed E-state index contributed by atoms with van der Waals surface area (Å²) < 4.78 is 5.67. The van der Waals surface area contributed by atoms with Crippen LogP contribution in [-0.4, -0.2) is 18.5 Å². The van der Waals surface area contributed by atoms with E-state index in [9.17, 15) is 4.79 Å². The zero-order valence-electron chi connectivity index (χ0n) is 12.8. The Morgan fingerprint density at radius 1 is 1.11 bits per heavy atom. The van der Waals surface area contributed by atoms with Crippen molar-refractivity contribution in [3.05, 3.63) is 0 Å². The van der Waals surface area contributed by atoms with Crippen LogP contribution in [0.2, 0.25) is 0 Å². The molecule has 1 saturated carbocycles. The highest BCUT2D eigenvalue weighted by Crippen LogP contribution is 2.43. The molecule has 2 heteroatoms. The van der Waals surface area contributed by atoms with Crippen molar-refractivity contribution in [1.29, 1.82) is 0 Å². The number of carbonyl (C=O) groups excluding carboxylic acids is 1. The first-order chi connectivity index (χ1) is 8.39. The summed E-state index contributed by atoms with van der Waals surface area (Å²) in [5.74, 6) is 0.869.